The molecule has 0 heterocycles. The SMILES string of the molecule is Nc1cc(C2CCCC2)ccc1C(F)(F)F. The van der Waals surface area contributed by atoms with Gasteiger partial charge in [0.2, 0.25) is 0 Å². The van der Waals surface area contributed by atoms with Crippen molar-refractivity contribution in [2.75, 3.05) is 5.73 Å². The maximum absolute atomic E-state index is 12.5. The molecule has 1 aliphatic rings. The Labute approximate surface area is 92.5 Å². The van der Waals surface area contributed by atoms with E-state index in [-0.39, 0.29) is 5.69 Å². The van der Waals surface area contributed by atoms with Gasteiger partial charge in [-0.2, -0.15) is 13.2 Å². The number of nitrogens with two attached hydrogens (primary N) is 1. The molecule has 88 valence electrons. The van der Waals surface area contributed by atoms with E-state index in [0.29, 0.717) is 5.92 Å². The van der Waals surface area contributed by atoms with Crippen LogP contribution in [-0.2, 0) is 6.18 Å². The first-order valence-corrected chi connectivity index (χ1v) is 5.45. The van der Waals surface area contributed by atoms with Crippen LogP contribution in [0, 0.1) is 0 Å². The Morgan fingerprint density at radius 3 is 2.25 bits per heavy atom. The Bertz CT molecular complexity index is 378. The van der Waals surface area contributed by atoms with Gasteiger partial charge in [-0.05, 0) is 36.5 Å². The number of hydrogen-bond acceptors (Lipinski definition) is 1. The molecular weight excluding hydrogens is 215 g/mol. The predicted molar refractivity (Wildman–Crippen MR) is 57.1 cm³/mol. The molecule has 0 amide bonds. The number of alkyl halides is 3. The third kappa shape index (κ3) is 2.15. The van der Waals surface area contributed by atoms with Gasteiger partial charge in [-0.3, -0.25) is 0 Å². The second-order valence-electron chi connectivity index (χ2n) is 4.33. The summed E-state index contributed by atoms with van der Waals surface area (Å²) in [6.07, 6.45) is 0.0884. The zero-order valence-electron chi connectivity index (χ0n) is 8.85. The fourth-order valence-electron chi connectivity index (χ4n) is 2.35. The first-order valence-electron chi connectivity index (χ1n) is 5.45. The Hall–Kier alpha value is -1.19. The molecule has 0 saturated heterocycles. The van der Waals surface area contributed by atoms with Crippen LogP contribution in [0.15, 0.2) is 18.2 Å². The Morgan fingerprint density at radius 2 is 1.75 bits per heavy atom. The Balaban J connectivity index is 2.29. The van der Waals surface area contributed by atoms with Crippen LogP contribution in [0.5, 0.6) is 0 Å². The Morgan fingerprint density at radius 1 is 1.12 bits per heavy atom. The summed E-state index contributed by atoms with van der Waals surface area (Å²) < 4.78 is 37.4. The fourth-order valence-corrected chi connectivity index (χ4v) is 2.35. The van der Waals surface area contributed by atoms with E-state index in [1.54, 1.807) is 6.07 Å². The van der Waals surface area contributed by atoms with E-state index in [0.717, 1.165) is 37.3 Å². The average Bonchev–Trinajstić information content (AvgIpc) is 2.68. The van der Waals surface area contributed by atoms with Crippen LogP contribution in [0.2, 0.25) is 0 Å². The van der Waals surface area contributed by atoms with Gasteiger partial charge in [0, 0.05) is 5.69 Å². The lowest BCUT2D eigenvalue weighted by atomic mass is 9.95. The van der Waals surface area contributed by atoms with E-state index in [2.05, 4.69) is 0 Å². The highest BCUT2D eigenvalue weighted by Crippen LogP contribution is 2.38. The van der Waals surface area contributed by atoms with Crippen molar-refractivity contribution in [3.8, 4) is 0 Å². The summed E-state index contributed by atoms with van der Waals surface area (Å²) in [6, 6.07) is 4.15. The smallest absolute Gasteiger partial charge is 0.398 e. The van der Waals surface area contributed by atoms with Crippen LogP contribution >= 0.6 is 0 Å². The molecule has 2 rings (SSSR count). The molecule has 1 saturated carbocycles. The summed E-state index contributed by atoms with van der Waals surface area (Å²) in [5, 5.41) is 0. The molecule has 1 fully saturated rings. The second-order valence-corrected chi connectivity index (χ2v) is 4.33. The standard InChI is InChI=1S/C12H14F3N/c13-12(14,15)10-6-5-9(7-11(10)16)8-3-1-2-4-8/h5-8H,1-4,16H2. The van der Waals surface area contributed by atoms with Crippen molar-refractivity contribution in [2.24, 2.45) is 0 Å². The van der Waals surface area contributed by atoms with E-state index in [9.17, 15) is 13.2 Å². The molecular formula is C12H14F3N. The van der Waals surface area contributed by atoms with Gasteiger partial charge in [0.25, 0.3) is 0 Å². The number of halogens is 3. The van der Waals surface area contributed by atoms with Gasteiger partial charge in [0.05, 0.1) is 5.56 Å². The number of nitrogen functional groups attached to an aromatic ring is 1. The third-order valence-corrected chi connectivity index (χ3v) is 3.21. The largest absolute Gasteiger partial charge is 0.418 e. The zero-order valence-corrected chi connectivity index (χ0v) is 8.85. The summed E-state index contributed by atoms with van der Waals surface area (Å²) in [5.74, 6) is 0.393. The third-order valence-electron chi connectivity index (χ3n) is 3.21. The molecule has 0 spiro atoms. The monoisotopic (exact) mass is 229 g/mol. The van der Waals surface area contributed by atoms with Crippen LogP contribution in [-0.4, -0.2) is 0 Å². The molecule has 1 aromatic carbocycles. The highest BCUT2D eigenvalue weighted by atomic mass is 19.4. The number of anilines is 1. The Kier molecular flexibility index (Phi) is 2.82. The van der Waals surface area contributed by atoms with E-state index in [1.165, 1.54) is 6.07 Å². The van der Waals surface area contributed by atoms with Crippen molar-refractivity contribution in [3.63, 3.8) is 0 Å². The quantitative estimate of drug-likeness (QED) is 0.725. The molecule has 0 radical (unpaired) electrons. The molecule has 0 aliphatic heterocycles. The van der Waals surface area contributed by atoms with Gasteiger partial charge in [-0.25, -0.2) is 0 Å². The van der Waals surface area contributed by atoms with Gasteiger partial charge in [-0.1, -0.05) is 18.9 Å². The minimum Gasteiger partial charge on any atom is -0.398 e. The highest BCUT2D eigenvalue weighted by Gasteiger charge is 2.33. The normalized spacial score (nSPS) is 17.9. The molecule has 1 aliphatic carbocycles. The first kappa shape index (κ1) is 11.3. The van der Waals surface area contributed by atoms with Crippen LogP contribution in [0.3, 0.4) is 0 Å². The van der Waals surface area contributed by atoms with Crippen LogP contribution in [0.4, 0.5) is 18.9 Å². The fraction of sp³-hybridized carbons (Fsp3) is 0.500. The van der Waals surface area contributed by atoms with E-state index in [4.69, 9.17) is 5.73 Å². The van der Waals surface area contributed by atoms with Crippen molar-refractivity contribution >= 4 is 5.69 Å². The molecule has 0 aromatic heterocycles. The van der Waals surface area contributed by atoms with Crippen molar-refractivity contribution in [3.05, 3.63) is 29.3 Å². The van der Waals surface area contributed by atoms with Crippen molar-refractivity contribution in [1.29, 1.82) is 0 Å². The lowest BCUT2D eigenvalue weighted by Crippen LogP contribution is -2.09. The van der Waals surface area contributed by atoms with Gasteiger partial charge >= 0.3 is 6.18 Å². The minimum absolute atomic E-state index is 0.156. The summed E-state index contributed by atoms with van der Waals surface area (Å²) in [6.45, 7) is 0. The summed E-state index contributed by atoms with van der Waals surface area (Å²) in [7, 11) is 0. The molecule has 1 nitrogen and oxygen atoms in total. The first-order chi connectivity index (χ1) is 7.48. The zero-order chi connectivity index (χ0) is 11.8. The van der Waals surface area contributed by atoms with Gasteiger partial charge in [0.15, 0.2) is 0 Å². The van der Waals surface area contributed by atoms with E-state index < -0.39 is 11.7 Å². The summed E-state index contributed by atoms with van der Waals surface area (Å²) in [5.41, 5.74) is 5.52. The maximum Gasteiger partial charge on any atom is 0.418 e. The van der Waals surface area contributed by atoms with Crippen LogP contribution in [0.1, 0.15) is 42.7 Å². The van der Waals surface area contributed by atoms with Gasteiger partial charge in [-0.15, -0.1) is 0 Å². The topological polar surface area (TPSA) is 26.0 Å². The maximum atomic E-state index is 12.5. The van der Waals surface area contributed by atoms with Crippen molar-refractivity contribution < 1.29 is 13.2 Å². The number of benzene rings is 1. The summed E-state index contributed by atoms with van der Waals surface area (Å²) in [4.78, 5) is 0. The lowest BCUT2D eigenvalue weighted by molar-refractivity contribution is -0.136. The molecule has 0 atom stereocenters. The van der Waals surface area contributed by atoms with Crippen molar-refractivity contribution in [1.82, 2.24) is 0 Å². The second kappa shape index (κ2) is 4.00. The van der Waals surface area contributed by atoms with Crippen LogP contribution < -0.4 is 5.73 Å². The molecule has 2 N–H and O–H groups in total. The predicted octanol–water partition coefficient (Wildman–Crippen LogP) is 3.95. The van der Waals surface area contributed by atoms with Gasteiger partial charge in [0.1, 0.15) is 0 Å². The van der Waals surface area contributed by atoms with E-state index in [1.807, 2.05) is 0 Å². The molecule has 4 heteroatoms. The molecule has 0 bridgehead atoms. The molecule has 0 unspecified atom stereocenters. The highest BCUT2D eigenvalue weighted by molar-refractivity contribution is 5.51. The van der Waals surface area contributed by atoms with Gasteiger partial charge < -0.3 is 5.73 Å². The summed E-state index contributed by atoms with van der Waals surface area (Å²) >= 11 is 0. The number of rotatable bonds is 1. The van der Waals surface area contributed by atoms with Crippen molar-refractivity contribution in [2.45, 2.75) is 37.8 Å². The van der Waals surface area contributed by atoms with E-state index >= 15 is 0 Å². The number of hydrogen-bond donors (Lipinski definition) is 1. The molecule has 1 aromatic rings. The van der Waals surface area contributed by atoms with Crippen LogP contribution in [0.25, 0.3) is 0 Å². The lowest BCUT2D eigenvalue weighted by Gasteiger charge is -2.14. The average molecular weight is 229 g/mol. The minimum atomic E-state index is -4.35. The molecule has 16 heavy (non-hydrogen) atoms.